The molecule has 0 aliphatic rings. The van der Waals surface area contributed by atoms with E-state index in [1.165, 1.54) is 6.07 Å². The molecule has 1 heterocycles. The van der Waals surface area contributed by atoms with Crippen LogP contribution in [0.25, 0.3) is 0 Å². The van der Waals surface area contributed by atoms with Crippen molar-refractivity contribution < 1.29 is 4.39 Å². The van der Waals surface area contributed by atoms with Crippen molar-refractivity contribution in [1.82, 2.24) is 10.4 Å². The van der Waals surface area contributed by atoms with Gasteiger partial charge < -0.3 is 0 Å². The number of benzene rings is 1. The van der Waals surface area contributed by atoms with Gasteiger partial charge in [0, 0.05) is 11.8 Å². The van der Waals surface area contributed by atoms with E-state index in [4.69, 9.17) is 5.84 Å². The highest BCUT2D eigenvalue weighted by Crippen LogP contribution is 2.24. The van der Waals surface area contributed by atoms with Crippen LogP contribution in [0.4, 0.5) is 4.39 Å². The van der Waals surface area contributed by atoms with Crippen molar-refractivity contribution in [2.75, 3.05) is 0 Å². The summed E-state index contributed by atoms with van der Waals surface area (Å²) < 4.78 is 13.7. The molecule has 3 nitrogen and oxygen atoms in total. The third kappa shape index (κ3) is 2.33. The van der Waals surface area contributed by atoms with Gasteiger partial charge in [-0.05, 0) is 24.6 Å². The molecule has 0 saturated carbocycles. The van der Waals surface area contributed by atoms with Crippen LogP contribution >= 0.6 is 0 Å². The fourth-order valence-electron chi connectivity index (χ4n) is 1.83. The van der Waals surface area contributed by atoms with Gasteiger partial charge in [-0.3, -0.25) is 10.8 Å². The van der Waals surface area contributed by atoms with Crippen molar-refractivity contribution in [3.63, 3.8) is 0 Å². The summed E-state index contributed by atoms with van der Waals surface area (Å²) in [4.78, 5) is 4.26. The number of rotatable bonds is 3. The number of nitrogens with two attached hydrogens (primary N) is 1. The van der Waals surface area contributed by atoms with E-state index in [0.29, 0.717) is 5.56 Å². The van der Waals surface area contributed by atoms with Crippen LogP contribution in [0.1, 0.15) is 22.9 Å². The first-order valence-corrected chi connectivity index (χ1v) is 5.36. The Morgan fingerprint density at radius 3 is 2.65 bits per heavy atom. The summed E-state index contributed by atoms with van der Waals surface area (Å²) in [5, 5.41) is 0. The van der Waals surface area contributed by atoms with Gasteiger partial charge in [0.05, 0.1) is 11.7 Å². The van der Waals surface area contributed by atoms with E-state index < -0.39 is 6.04 Å². The summed E-state index contributed by atoms with van der Waals surface area (Å²) >= 11 is 0. The minimum absolute atomic E-state index is 0.291. The zero-order chi connectivity index (χ0) is 12.3. The van der Waals surface area contributed by atoms with Crippen LogP contribution in [0.3, 0.4) is 0 Å². The van der Waals surface area contributed by atoms with Gasteiger partial charge in [-0.15, -0.1) is 0 Å². The maximum Gasteiger partial charge on any atom is 0.128 e. The Morgan fingerprint density at radius 2 is 2.00 bits per heavy atom. The van der Waals surface area contributed by atoms with Crippen molar-refractivity contribution in [2.24, 2.45) is 5.84 Å². The summed E-state index contributed by atoms with van der Waals surface area (Å²) in [5.74, 6) is 5.23. The van der Waals surface area contributed by atoms with E-state index in [1.807, 2.05) is 19.1 Å². The van der Waals surface area contributed by atoms with Crippen LogP contribution in [-0.4, -0.2) is 4.98 Å². The molecular formula is C13H14FN3. The van der Waals surface area contributed by atoms with Gasteiger partial charge in [-0.1, -0.05) is 24.3 Å². The van der Waals surface area contributed by atoms with Crippen molar-refractivity contribution in [3.05, 3.63) is 65.2 Å². The lowest BCUT2D eigenvalue weighted by molar-refractivity contribution is 0.551. The highest BCUT2D eigenvalue weighted by Gasteiger charge is 2.18. The van der Waals surface area contributed by atoms with Crippen LogP contribution in [0.15, 0.2) is 42.6 Å². The molecule has 0 amide bonds. The summed E-state index contributed by atoms with van der Waals surface area (Å²) in [6, 6.07) is 9.88. The van der Waals surface area contributed by atoms with E-state index >= 15 is 0 Å². The van der Waals surface area contributed by atoms with Gasteiger partial charge in [-0.25, -0.2) is 9.82 Å². The van der Waals surface area contributed by atoms with E-state index in [1.54, 1.807) is 24.4 Å². The Kier molecular flexibility index (Phi) is 3.46. The maximum absolute atomic E-state index is 13.7. The van der Waals surface area contributed by atoms with Crippen LogP contribution in [0.5, 0.6) is 0 Å². The lowest BCUT2D eigenvalue weighted by Crippen LogP contribution is -2.30. The molecule has 2 rings (SSSR count). The van der Waals surface area contributed by atoms with Crippen molar-refractivity contribution in [2.45, 2.75) is 13.0 Å². The molecule has 3 N–H and O–H groups in total. The molecule has 1 atom stereocenters. The monoisotopic (exact) mass is 231 g/mol. The molecule has 2 aromatic rings. The Balaban J connectivity index is 2.48. The molecule has 0 aliphatic heterocycles. The van der Waals surface area contributed by atoms with Crippen LogP contribution in [0.2, 0.25) is 0 Å². The molecule has 0 fully saturated rings. The molecule has 0 bridgehead atoms. The van der Waals surface area contributed by atoms with Gasteiger partial charge >= 0.3 is 0 Å². The molecule has 0 radical (unpaired) electrons. The Bertz CT molecular complexity index is 468. The first kappa shape index (κ1) is 11.7. The molecule has 4 heteroatoms. The molecule has 0 spiro atoms. The number of pyridine rings is 1. The fourth-order valence-corrected chi connectivity index (χ4v) is 1.83. The predicted octanol–water partition coefficient (Wildman–Crippen LogP) is 2.08. The van der Waals surface area contributed by atoms with Crippen LogP contribution < -0.4 is 11.3 Å². The van der Waals surface area contributed by atoms with Crippen LogP contribution in [0, 0.1) is 12.7 Å². The van der Waals surface area contributed by atoms with Crippen molar-refractivity contribution in [3.8, 4) is 0 Å². The molecule has 17 heavy (non-hydrogen) atoms. The second-order valence-corrected chi connectivity index (χ2v) is 3.83. The molecule has 88 valence electrons. The third-order valence-corrected chi connectivity index (χ3v) is 2.71. The van der Waals surface area contributed by atoms with E-state index in [9.17, 15) is 4.39 Å². The Hall–Kier alpha value is -1.78. The first-order valence-electron chi connectivity index (χ1n) is 5.36. The topological polar surface area (TPSA) is 50.9 Å². The molecule has 1 aromatic carbocycles. The van der Waals surface area contributed by atoms with Crippen LogP contribution in [-0.2, 0) is 0 Å². The van der Waals surface area contributed by atoms with Gasteiger partial charge in [0.15, 0.2) is 0 Å². The quantitative estimate of drug-likeness (QED) is 0.628. The highest BCUT2D eigenvalue weighted by atomic mass is 19.1. The average Bonchev–Trinajstić information content (AvgIpc) is 2.34. The number of halogens is 1. The smallest absolute Gasteiger partial charge is 0.128 e. The zero-order valence-electron chi connectivity index (χ0n) is 9.52. The number of nitrogens with zero attached hydrogens (tertiary/aromatic N) is 1. The number of hydrogen-bond donors (Lipinski definition) is 2. The third-order valence-electron chi connectivity index (χ3n) is 2.71. The zero-order valence-corrected chi connectivity index (χ0v) is 9.52. The van der Waals surface area contributed by atoms with Gasteiger partial charge in [0.1, 0.15) is 5.82 Å². The number of aryl methyl sites for hydroxylation is 1. The lowest BCUT2D eigenvalue weighted by Gasteiger charge is -2.18. The Morgan fingerprint density at radius 1 is 1.24 bits per heavy atom. The summed E-state index contributed by atoms with van der Waals surface area (Å²) in [6.07, 6.45) is 1.67. The molecule has 0 saturated heterocycles. The van der Waals surface area contributed by atoms with Gasteiger partial charge in [0.25, 0.3) is 0 Å². The Labute approximate surface area is 99.5 Å². The average molecular weight is 231 g/mol. The number of hydrazine groups is 1. The first-order chi connectivity index (χ1) is 8.24. The van der Waals surface area contributed by atoms with Gasteiger partial charge in [-0.2, -0.15) is 0 Å². The SMILES string of the molecule is Cc1cccnc1C(NN)c1ccccc1F. The van der Waals surface area contributed by atoms with E-state index in [2.05, 4.69) is 10.4 Å². The number of nitrogens with one attached hydrogen (secondary N) is 1. The fraction of sp³-hybridized carbons (Fsp3) is 0.154. The second-order valence-electron chi connectivity index (χ2n) is 3.83. The standard InChI is InChI=1S/C13H14FN3/c1-9-5-4-8-16-12(9)13(17-15)10-6-2-3-7-11(10)14/h2-8,13,17H,15H2,1H3. The molecular weight excluding hydrogens is 217 g/mol. The summed E-state index contributed by atoms with van der Waals surface area (Å²) in [5.41, 5.74) is 4.82. The summed E-state index contributed by atoms with van der Waals surface area (Å²) in [6.45, 7) is 1.92. The molecule has 0 aliphatic carbocycles. The number of aromatic nitrogens is 1. The summed E-state index contributed by atoms with van der Waals surface area (Å²) in [7, 11) is 0. The minimum Gasteiger partial charge on any atom is -0.271 e. The number of hydrogen-bond acceptors (Lipinski definition) is 3. The molecule has 1 unspecified atom stereocenters. The van der Waals surface area contributed by atoms with Crippen molar-refractivity contribution in [1.29, 1.82) is 0 Å². The lowest BCUT2D eigenvalue weighted by atomic mass is 10.00. The van der Waals surface area contributed by atoms with E-state index in [0.717, 1.165) is 11.3 Å². The second kappa shape index (κ2) is 5.03. The van der Waals surface area contributed by atoms with E-state index in [-0.39, 0.29) is 5.82 Å². The minimum atomic E-state index is -0.433. The van der Waals surface area contributed by atoms with Gasteiger partial charge in [0.2, 0.25) is 0 Å². The predicted molar refractivity (Wildman–Crippen MR) is 64.5 cm³/mol. The van der Waals surface area contributed by atoms with Crippen molar-refractivity contribution >= 4 is 0 Å². The molecule has 1 aromatic heterocycles. The normalized spacial score (nSPS) is 12.4. The highest BCUT2D eigenvalue weighted by molar-refractivity contribution is 5.32. The maximum atomic E-state index is 13.7. The largest absolute Gasteiger partial charge is 0.271 e.